The van der Waals surface area contributed by atoms with Crippen LogP contribution in [0.25, 0.3) is 0 Å². The van der Waals surface area contributed by atoms with Gasteiger partial charge >= 0.3 is 11.9 Å². The first-order chi connectivity index (χ1) is 10.5. The third kappa shape index (κ3) is 4.32. The van der Waals surface area contributed by atoms with E-state index >= 15 is 0 Å². The van der Waals surface area contributed by atoms with Crippen molar-refractivity contribution in [2.24, 2.45) is 0 Å². The van der Waals surface area contributed by atoms with E-state index in [1.54, 1.807) is 6.07 Å². The number of carbonyl (C=O) groups is 2. The van der Waals surface area contributed by atoms with E-state index in [0.717, 1.165) is 5.56 Å². The lowest BCUT2D eigenvalue weighted by molar-refractivity contribution is -0.134. The number of halogens is 2. The summed E-state index contributed by atoms with van der Waals surface area (Å²) >= 11 is 9.21. The van der Waals surface area contributed by atoms with E-state index in [-0.39, 0.29) is 17.7 Å². The van der Waals surface area contributed by atoms with Crippen LogP contribution in [0.4, 0.5) is 0 Å². The lowest BCUT2D eigenvalue weighted by atomic mass is 10.1. The minimum Gasteiger partial charge on any atom is -0.478 e. The lowest BCUT2D eigenvalue weighted by Crippen LogP contribution is -2.10. The van der Waals surface area contributed by atoms with Gasteiger partial charge in [0.15, 0.2) is 0 Å². The highest BCUT2D eigenvalue weighted by molar-refractivity contribution is 9.10. The standard InChI is InChI=1S/C16H12BrClO4/c17-12-9-11(16(20)21)5-7-14(12)22-15(19)8-6-10-3-1-2-4-13(10)18/h1-5,7,9H,6,8H2,(H,20,21). The van der Waals surface area contributed by atoms with Crippen LogP contribution in [0.1, 0.15) is 22.3 Å². The van der Waals surface area contributed by atoms with Crippen molar-refractivity contribution in [3.63, 3.8) is 0 Å². The predicted octanol–water partition coefficient (Wildman–Crippen LogP) is 4.34. The van der Waals surface area contributed by atoms with Crippen LogP contribution in [-0.2, 0) is 11.2 Å². The Morgan fingerprint density at radius 3 is 2.55 bits per heavy atom. The van der Waals surface area contributed by atoms with Crippen LogP contribution in [0, 0.1) is 0 Å². The van der Waals surface area contributed by atoms with Crippen LogP contribution in [-0.4, -0.2) is 17.0 Å². The quantitative estimate of drug-likeness (QED) is 0.616. The van der Waals surface area contributed by atoms with E-state index in [9.17, 15) is 9.59 Å². The summed E-state index contributed by atoms with van der Waals surface area (Å²) in [6.07, 6.45) is 0.653. The van der Waals surface area contributed by atoms with Gasteiger partial charge in [0.2, 0.25) is 0 Å². The number of carbonyl (C=O) groups excluding carboxylic acids is 1. The summed E-state index contributed by atoms with van der Waals surface area (Å²) in [5.74, 6) is -1.17. The Hall–Kier alpha value is -1.85. The number of carboxylic acids is 1. The molecule has 0 aromatic heterocycles. The second kappa shape index (κ2) is 7.42. The van der Waals surface area contributed by atoms with Crippen molar-refractivity contribution in [3.8, 4) is 5.75 Å². The maximum absolute atomic E-state index is 11.9. The van der Waals surface area contributed by atoms with Gasteiger partial charge in [0.1, 0.15) is 5.75 Å². The second-order valence-electron chi connectivity index (χ2n) is 4.52. The molecule has 0 aliphatic heterocycles. The van der Waals surface area contributed by atoms with Crippen molar-refractivity contribution < 1.29 is 19.4 Å². The van der Waals surface area contributed by atoms with Gasteiger partial charge in [-0.25, -0.2) is 4.79 Å². The van der Waals surface area contributed by atoms with Crippen LogP contribution in [0.15, 0.2) is 46.9 Å². The van der Waals surface area contributed by atoms with Gasteiger partial charge in [-0.3, -0.25) is 4.79 Å². The Morgan fingerprint density at radius 2 is 1.91 bits per heavy atom. The topological polar surface area (TPSA) is 63.6 Å². The number of benzene rings is 2. The Labute approximate surface area is 140 Å². The number of hydrogen-bond donors (Lipinski definition) is 1. The van der Waals surface area contributed by atoms with Crippen LogP contribution in [0.2, 0.25) is 5.02 Å². The lowest BCUT2D eigenvalue weighted by Gasteiger charge is -2.08. The number of aryl methyl sites for hydroxylation is 1. The molecule has 0 bridgehead atoms. The molecule has 0 spiro atoms. The van der Waals surface area contributed by atoms with Crippen LogP contribution in [0.3, 0.4) is 0 Å². The molecule has 0 radical (unpaired) electrons. The molecule has 0 fully saturated rings. The average molecular weight is 384 g/mol. The first-order valence-electron chi connectivity index (χ1n) is 6.44. The highest BCUT2D eigenvalue weighted by atomic mass is 79.9. The first kappa shape index (κ1) is 16.5. The van der Waals surface area contributed by atoms with E-state index in [1.807, 2.05) is 18.2 Å². The molecule has 0 aliphatic rings. The third-order valence-electron chi connectivity index (χ3n) is 2.96. The molecule has 114 valence electrons. The van der Waals surface area contributed by atoms with Gasteiger partial charge in [-0.1, -0.05) is 29.8 Å². The number of rotatable bonds is 5. The van der Waals surface area contributed by atoms with Gasteiger partial charge < -0.3 is 9.84 Å². The number of esters is 1. The maximum Gasteiger partial charge on any atom is 0.335 e. The van der Waals surface area contributed by atoms with Crippen molar-refractivity contribution in [1.29, 1.82) is 0 Å². The number of ether oxygens (including phenoxy) is 1. The van der Waals surface area contributed by atoms with E-state index in [0.29, 0.717) is 15.9 Å². The molecule has 2 aromatic carbocycles. The molecule has 0 aliphatic carbocycles. The third-order valence-corrected chi connectivity index (χ3v) is 3.95. The van der Waals surface area contributed by atoms with E-state index in [4.69, 9.17) is 21.4 Å². The van der Waals surface area contributed by atoms with E-state index in [2.05, 4.69) is 15.9 Å². The molecule has 0 heterocycles. The monoisotopic (exact) mass is 382 g/mol. The Bertz CT molecular complexity index is 715. The molecule has 0 saturated carbocycles. The summed E-state index contributed by atoms with van der Waals surface area (Å²) in [6.45, 7) is 0. The van der Waals surface area contributed by atoms with Gasteiger partial charge in [-0.05, 0) is 52.2 Å². The highest BCUT2D eigenvalue weighted by Crippen LogP contribution is 2.26. The van der Waals surface area contributed by atoms with Crippen LogP contribution in [0.5, 0.6) is 5.75 Å². The SMILES string of the molecule is O=C(CCc1ccccc1Cl)Oc1ccc(C(=O)O)cc1Br. The zero-order valence-corrected chi connectivity index (χ0v) is 13.7. The highest BCUT2D eigenvalue weighted by Gasteiger charge is 2.12. The van der Waals surface area contributed by atoms with E-state index < -0.39 is 11.9 Å². The molecule has 0 unspecified atom stereocenters. The summed E-state index contributed by atoms with van der Waals surface area (Å²) in [4.78, 5) is 22.7. The van der Waals surface area contributed by atoms with Gasteiger partial charge in [0.05, 0.1) is 16.5 Å². The molecule has 0 atom stereocenters. The second-order valence-corrected chi connectivity index (χ2v) is 5.78. The molecule has 4 nitrogen and oxygen atoms in total. The fraction of sp³-hybridized carbons (Fsp3) is 0.125. The smallest absolute Gasteiger partial charge is 0.335 e. The zero-order valence-electron chi connectivity index (χ0n) is 11.4. The summed E-state index contributed by atoms with van der Waals surface area (Å²) in [5, 5.41) is 9.49. The molecule has 1 N–H and O–H groups in total. The largest absolute Gasteiger partial charge is 0.478 e. The number of carboxylic acid groups (broad SMARTS) is 1. The minimum absolute atomic E-state index is 0.114. The predicted molar refractivity (Wildman–Crippen MR) is 86.5 cm³/mol. The fourth-order valence-corrected chi connectivity index (χ4v) is 2.52. The molecule has 0 amide bonds. The fourth-order valence-electron chi connectivity index (χ4n) is 1.83. The molecular weight excluding hydrogens is 372 g/mol. The minimum atomic E-state index is -1.04. The zero-order chi connectivity index (χ0) is 16.1. The van der Waals surface area contributed by atoms with Crippen LogP contribution >= 0.6 is 27.5 Å². The molecule has 2 aromatic rings. The van der Waals surface area contributed by atoms with Crippen LogP contribution < -0.4 is 4.74 Å². The van der Waals surface area contributed by atoms with Crippen molar-refractivity contribution in [2.75, 3.05) is 0 Å². The Balaban J connectivity index is 1.98. The van der Waals surface area contributed by atoms with Gasteiger partial charge in [0, 0.05) is 5.02 Å². The van der Waals surface area contributed by atoms with Gasteiger partial charge in [-0.2, -0.15) is 0 Å². The van der Waals surface area contributed by atoms with Crippen molar-refractivity contribution in [1.82, 2.24) is 0 Å². The van der Waals surface area contributed by atoms with Crippen molar-refractivity contribution in [2.45, 2.75) is 12.8 Å². The van der Waals surface area contributed by atoms with Crippen molar-refractivity contribution >= 4 is 39.5 Å². The number of aromatic carboxylic acids is 1. The Morgan fingerprint density at radius 1 is 1.18 bits per heavy atom. The summed E-state index contributed by atoms with van der Waals surface area (Å²) in [6, 6.07) is 11.5. The summed E-state index contributed by atoms with van der Waals surface area (Å²) < 4.78 is 5.63. The first-order valence-corrected chi connectivity index (χ1v) is 7.61. The maximum atomic E-state index is 11.9. The average Bonchev–Trinajstić information content (AvgIpc) is 2.48. The molecule has 2 rings (SSSR count). The normalized spacial score (nSPS) is 10.3. The summed E-state index contributed by atoms with van der Waals surface area (Å²) in [7, 11) is 0. The number of hydrogen-bond acceptors (Lipinski definition) is 3. The summed E-state index contributed by atoms with van der Waals surface area (Å²) in [5.41, 5.74) is 0.990. The van der Waals surface area contributed by atoms with Gasteiger partial charge in [-0.15, -0.1) is 0 Å². The Kier molecular flexibility index (Phi) is 5.57. The van der Waals surface area contributed by atoms with Crippen molar-refractivity contribution in [3.05, 3.63) is 63.1 Å². The molecule has 6 heteroatoms. The molecule has 0 saturated heterocycles. The molecule has 22 heavy (non-hydrogen) atoms. The van der Waals surface area contributed by atoms with E-state index in [1.165, 1.54) is 18.2 Å². The molecular formula is C16H12BrClO4. The van der Waals surface area contributed by atoms with Gasteiger partial charge in [0.25, 0.3) is 0 Å².